The topological polar surface area (TPSA) is 85.7 Å². The van der Waals surface area contributed by atoms with Gasteiger partial charge >= 0.3 is 5.97 Å². The summed E-state index contributed by atoms with van der Waals surface area (Å²) in [7, 11) is -3.59. The lowest BCUT2D eigenvalue weighted by molar-refractivity contribution is 0.0474. The van der Waals surface area contributed by atoms with Gasteiger partial charge in [-0.15, -0.1) is 0 Å². The Hall–Kier alpha value is -3.30. The summed E-state index contributed by atoms with van der Waals surface area (Å²) in [5.74, 6) is -1.44. The van der Waals surface area contributed by atoms with Gasteiger partial charge in [0.05, 0.1) is 10.5 Å². The summed E-state index contributed by atoms with van der Waals surface area (Å²) < 4.78 is 47.3. The highest BCUT2D eigenvalue weighted by Crippen LogP contribution is 2.23. The maximum absolute atomic E-state index is 13.3. The predicted molar refractivity (Wildman–Crippen MR) is 129 cm³/mol. The van der Waals surface area contributed by atoms with E-state index in [-0.39, 0.29) is 22.1 Å². The molecular formula is C26H27FN2O5S. The largest absolute Gasteiger partial charge is 0.454 e. The number of carbonyl (C=O) groups is 2. The molecule has 9 heteroatoms. The number of hydrogen-bond donors (Lipinski definition) is 0. The number of aryl methyl sites for hydroxylation is 1. The van der Waals surface area contributed by atoms with Crippen molar-refractivity contribution in [2.45, 2.75) is 38.0 Å². The van der Waals surface area contributed by atoms with Crippen LogP contribution in [0.1, 0.15) is 51.4 Å². The quantitative estimate of drug-likeness (QED) is 0.355. The molecule has 0 radical (unpaired) electrons. The minimum Gasteiger partial charge on any atom is -0.454 e. The normalized spacial score (nSPS) is 14.6. The molecule has 1 aliphatic rings. The first-order valence-electron chi connectivity index (χ1n) is 11.4. The number of ketones is 1. The molecule has 35 heavy (non-hydrogen) atoms. The molecule has 0 unspecified atom stereocenters. The number of ether oxygens (including phenoxy) is 1. The van der Waals surface area contributed by atoms with Crippen molar-refractivity contribution in [1.29, 1.82) is 0 Å². The summed E-state index contributed by atoms with van der Waals surface area (Å²) in [5.41, 5.74) is 2.73. The molecule has 3 aromatic rings. The van der Waals surface area contributed by atoms with Gasteiger partial charge in [-0.25, -0.2) is 17.6 Å². The van der Waals surface area contributed by atoms with Crippen LogP contribution in [0, 0.1) is 19.7 Å². The number of hydrogen-bond acceptors (Lipinski definition) is 5. The van der Waals surface area contributed by atoms with Crippen LogP contribution in [0.5, 0.6) is 0 Å². The van der Waals surface area contributed by atoms with Crippen LogP contribution in [0.4, 0.5) is 4.39 Å². The Bertz CT molecular complexity index is 1340. The van der Waals surface area contributed by atoms with Gasteiger partial charge in [0.15, 0.2) is 6.61 Å². The number of carbonyl (C=O) groups excluding carboxylic acids is 2. The van der Waals surface area contributed by atoms with Gasteiger partial charge in [0.2, 0.25) is 15.8 Å². The van der Waals surface area contributed by atoms with Gasteiger partial charge in [0, 0.05) is 35.7 Å². The fourth-order valence-corrected chi connectivity index (χ4v) is 5.86. The van der Waals surface area contributed by atoms with E-state index < -0.39 is 22.6 Å². The third-order valence-corrected chi connectivity index (χ3v) is 8.11. The molecule has 0 spiro atoms. The highest BCUT2D eigenvalue weighted by Gasteiger charge is 2.26. The third-order valence-electron chi connectivity index (χ3n) is 6.19. The summed E-state index contributed by atoms with van der Waals surface area (Å²) in [6, 6.07) is 13.2. The van der Waals surface area contributed by atoms with Crippen molar-refractivity contribution in [1.82, 2.24) is 8.87 Å². The number of halogens is 1. The van der Waals surface area contributed by atoms with Crippen molar-refractivity contribution >= 4 is 21.8 Å². The lowest BCUT2D eigenvalue weighted by Crippen LogP contribution is -2.35. The second-order valence-electron chi connectivity index (χ2n) is 8.59. The monoisotopic (exact) mass is 498 g/mol. The molecule has 0 saturated carbocycles. The minimum absolute atomic E-state index is 0.125. The number of nitrogens with zero attached hydrogens (tertiary/aromatic N) is 2. The van der Waals surface area contributed by atoms with Crippen LogP contribution in [0.3, 0.4) is 0 Å². The summed E-state index contributed by atoms with van der Waals surface area (Å²) in [6.07, 6.45) is 2.69. The van der Waals surface area contributed by atoms with Crippen LogP contribution in [0.15, 0.2) is 59.5 Å². The number of benzene rings is 2. The molecular weight excluding hydrogens is 471 g/mol. The van der Waals surface area contributed by atoms with E-state index in [2.05, 4.69) is 0 Å². The van der Waals surface area contributed by atoms with Gasteiger partial charge in [0.1, 0.15) is 5.82 Å². The Labute approximate surface area is 204 Å². The first-order valence-corrected chi connectivity index (χ1v) is 12.9. The van der Waals surface area contributed by atoms with Crippen molar-refractivity contribution in [2.24, 2.45) is 0 Å². The Morgan fingerprint density at radius 2 is 1.57 bits per heavy atom. The van der Waals surface area contributed by atoms with Crippen LogP contribution in [0.2, 0.25) is 0 Å². The smallest absolute Gasteiger partial charge is 0.338 e. The zero-order chi connectivity index (χ0) is 25.2. The number of Topliss-reactive ketones (excluding diaryl/α,β-unsaturated/α-hetero) is 1. The third kappa shape index (κ3) is 5.21. The summed E-state index contributed by atoms with van der Waals surface area (Å²) in [6.45, 7) is 4.14. The average Bonchev–Trinajstić information content (AvgIpc) is 3.17. The molecule has 0 N–H and O–H groups in total. The van der Waals surface area contributed by atoms with Gasteiger partial charge in [-0.05, 0) is 81.3 Å². The van der Waals surface area contributed by atoms with Crippen molar-refractivity contribution in [3.8, 4) is 5.69 Å². The van der Waals surface area contributed by atoms with E-state index in [1.807, 2.05) is 11.5 Å². The Kier molecular flexibility index (Phi) is 7.18. The van der Waals surface area contributed by atoms with Gasteiger partial charge < -0.3 is 9.30 Å². The van der Waals surface area contributed by atoms with E-state index in [9.17, 15) is 22.4 Å². The fourth-order valence-electron chi connectivity index (χ4n) is 4.34. The van der Waals surface area contributed by atoms with E-state index in [0.29, 0.717) is 24.3 Å². The van der Waals surface area contributed by atoms with Crippen LogP contribution in [-0.4, -0.2) is 48.7 Å². The summed E-state index contributed by atoms with van der Waals surface area (Å²) in [4.78, 5) is 25.4. The van der Waals surface area contributed by atoms with Crippen molar-refractivity contribution in [3.63, 3.8) is 0 Å². The zero-order valence-electron chi connectivity index (χ0n) is 19.7. The highest BCUT2D eigenvalue weighted by molar-refractivity contribution is 7.89. The van der Waals surface area contributed by atoms with E-state index >= 15 is 0 Å². The SMILES string of the molecule is Cc1cc(C(=O)COC(=O)c2ccc(S(=O)(=O)N3CCCCC3)cc2)c(C)n1-c1ccc(F)cc1. The maximum Gasteiger partial charge on any atom is 0.338 e. The number of esters is 1. The first-order chi connectivity index (χ1) is 16.7. The predicted octanol–water partition coefficient (Wildman–Crippen LogP) is 4.45. The average molecular weight is 499 g/mol. The fraction of sp³-hybridized carbons (Fsp3) is 0.308. The van der Waals surface area contributed by atoms with E-state index in [4.69, 9.17) is 4.74 Å². The van der Waals surface area contributed by atoms with Crippen molar-refractivity contribution in [2.75, 3.05) is 19.7 Å². The molecule has 4 rings (SSSR count). The van der Waals surface area contributed by atoms with E-state index in [0.717, 1.165) is 30.6 Å². The van der Waals surface area contributed by atoms with Crippen molar-refractivity contribution in [3.05, 3.63) is 82.9 Å². The number of rotatable bonds is 7. The first kappa shape index (κ1) is 24.8. The maximum atomic E-state index is 13.3. The second-order valence-corrected chi connectivity index (χ2v) is 10.5. The number of sulfonamides is 1. The van der Waals surface area contributed by atoms with Crippen molar-refractivity contribution < 1.29 is 27.1 Å². The standard InChI is InChI=1S/C26H27FN2O5S/c1-18-16-24(19(2)29(18)22-10-8-21(27)9-11-22)25(30)17-34-26(31)20-6-12-23(13-7-20)35(32,33)28-14-4-3-5-15-28/h6-13,16H,3-5,14-15,17H2,1-2H3. The minimum atomic E-state index is -3.59. The molecule has 2 aromatic carbocycles. The number of aromatic nitrogens is 1. The van der Waals surface area contributed by atoms with Gasteiger partial charge in [-0.2, -0.15) is 4.31 Å². The molecule has 0 atom stereocenters. The van der Waals surface area contributed by atoms with Gasteiger partial charge in [-0.3, -0.25) is 4.79 Å². The molecule has 1 aromatic heterocycles. The zero-order valence-corrected chi connectivity index (χ0v) is 20.5. The molecule has 0 bridgehead atoms. The molecule has 1 fully saturated rings. The lowest BCUT2D eigenvalue weighted by Gasteiger charge is -2.25. The lowest BCUT2D eigenvalue weighted by atomic mass is 10.1. The summed E-state index contributed by atoms with van der Waals surface area (Å²) >= 11 is 0. The Balaban J connectivity index is 1.42. The van der Waals surface area contributed by atoms with Crippen LogP contribution < -0.4 is 0 Å². The van der Waals surface area contributed by atoms with Crippen LogP contribution >= 0.6 is 0 Å². The number of piperidine rings is 1. The molecule has 0 aliphatic carbocycles. The van der Waals surface area contributed by atoms with E-state index in [1.54, 1.807) is 25.1 Å². The molecule has 2 heterocycles. The molecule has 1 aliphatic heterocycles. The molecule has 7 nitrogen and oxygen atoms in total. The summed E-state index contributed by atoms with van der Waals surface area (Å²) in [5, 5.41) is 0. The second kappa shape index (κ2) is 10.1. The van der Waals surface area contributed by atoms with Gasteiger partial charge in [0.25, 0.3) is 0 Å². The Morgan fingerprint density at radius 3 is 2.20 bits per heavy atom. The Morgan fingerprint density at radius 1 is 0.943 bits per heavy atom. The van der Waals surface area contributed by atoms with Crippen LogP contribution in [0.25, 0.3) is 5.69 Å². The van der Waals surface area contributed by atoms with Gasteiger partial charge in [-0.1, -0.05) is 6.42 Å². The molecule has 184 valence electrons. The van der Waals surface area contributed by atoms with Crippen LogP contribution in [-0.2, 0) is 14.8 Å². The molecule has 1 saturated heterocycles. The molecule has 0 amide bonds. The van der Waals surface area contributed by atoms with E-state index in [1.165, 1.54) is 40.7 Å². The highest BCUT2D eigenvalue weighted by atomic mass is 32.2.